The van der Waals surface area contributed by atoms with Crippen molar-refractivity contribution in [1.82, 2.24) is 108 Å². The van der Waals surface area contributed by atoms with Crippen LogP contribution in [0.2, 0.25) is 0 Å². The second kappa shape index (κ2) is 48.2. The first kappa shape index (κ1) is 101. The molecule has 3 aliphatic rings. The van der Waals surface area contributed by atoms with Gasteiger partial charge in [-0.25, -0.2) is 9.97 Å². The van der Waals surface area contributed by atoms with Gasteiger partial charge in [-0.15, -0.1) is 24.9 Å². The number of unbranched alkanes of at least 4 members (excludes halogenated alkanes) is 2. The van der Waals surface area contributed by atoms with Gasteiger partial charge in [-0.3, -0.25) is 81.5 Å². The number of likely N-dealkylation sites (N-methyl/N-ethyl adjacent to an activating group) is 3. The topological polar surface area (TPSA) is 568 Å². The number of fused-ring (bicyclic) bond motifs is 4. The third-order valence-electron chi connectivity index (χ3n) is 23.5. The molecule has 17 amide bonds. The third kappa shape index (κ3) is 27.2. The molecule has 18 N–H and O–H groups in total. The first-order valence-electron chi connectivity index (χ1n) is 44.0. The van der Waals surface area contributed by atoms with Crippen LogP contribution in [0.1, 0.15) is 147 Å². The van der Waals surface area contributed by atoms with Crippen LogP contribution in [0.4, 0.5) is 0 Å². The molecular formula is C89H123N23O17S. The van der Waals surface area contributed by atoms with E-state index in [-0.39, 0.29) is 102 Å². The van der Waals surface area contributed by atoms with Crippen LogP contribution in [-0.2, 0) is 107 Å². The smallest absolute Gasteiger partial charge is 0.246 e. The molecule has 130 heavy (non-hydrogen) atoms. The summed E-state index contributed by atoms with van der Waals surface area (Å²) in [5, 5.41) is 28.6. The number of benzene rings is 2. The van der Waals surface area contributed by atoms with Gasteiger partial charge in [-0.2, -0.15) is 0 Å². The van der Waals surface area contributed by atoms with Crippen molar-refractivity contribution in [2.45, 2.75) is 235 Å². The molecule has 9 rings (SSSR count). The second-order valence-electron chi connectivity index (χ2n) is 33.6. The molecule has 40 nitrogen and oxygen atoms in total. The fourth-order valence-corrected chi connectivity index (χ4v) is 17.2. The Morgan fingerprint density at radius 1 is 0.508 bits per heavy atom. The van der Waals surface area contributed by atoms with Crippen molar-refractivity contribution in [3.05, 3.63) is 134 Å². The van der Waals surface area contributed by atoms with E-state index in [2.05, 4.69) is 96.2 Å². The number of hydrogen-bond acceptors (Lipinski definition) is 20. The average Bonchev–Trinajstić information content (AvgIpc) is 1.63. The Kier molecular flexibility index (Phi) is 37.3. The molecule has 6 aromatic rings. The minimum Gasteiger partial charge on any atom is -0.370 e. The highest BCUT2D eigenvalue weighted by Crippen LogP contribution is 2.28. The normalized spacial score (nSPS) is 24.7. The molecule has 4 aromatic heterocycles. The molecule has 2 aromatic carbocycles. The lowest BCUT2D eigenvalue weighted by molar-refractivity contribution is -0.149. The SMILES string of the molecule is C=CC[C@@H]1NC(=O)[C@H](Cc2c[nH]c3ccccc23)NC(=O)[C@@H]2CCCN2C(=O)[C@H](CC(C)C)NC(=O)[C@H](Cc2cnc[nH]2)NC(=O)[C@@H]2CCCN2C(=O)[C@H](CC(N)=O)NC(=O)[C@H](C)N(C)C(=O)[C@H](Cc2cnc[nH]2)NC(=O)CSC[C@@H](C(=O)NCC(N)=O)NC(=O)[C@H](CC=C)NC(=O)[C@H](CCCC)N(C)C(=O)[C@H](CCCC)N(C)C(=O)[C@H](Cc2c[nH]c3ccccc23)NC1=O. The highest BCUT2D eigenvalue weighted by Gasteiger charge is 2.46. The molecule has 0 aliphatic carbocycles. The maximum atomic E-state index is 15.8. The zero-order valence-electron chi connectivity index (χ0n) is 74.7. The van der Waals surface area contributed by atoms with E-state index in [1.165, 1.54) is 80.0 Å². The number of carbonyl (C=O) groups is 17. The van der Waals surface area contributed by atoms with E-state index in [9.17, 15) is 43.2 Å². The van der Waals surface area contributed by atoms with Gasteiger partial charge in [-0.05, 0) is 93.9 Å². The number of carbonyl (C=O) groups excluding carboxylic acids is 17. The number of nitrogens with two attached hydrogens (primary N) is 2. The van der Waals surface area contributed by atoms with Gasteiger partial charge >= 0.3 is 0 Å². The lowest BCUT2D eigenvalue weighted by atomic mass is 9.99. The van der Waals surface area contributed by atoms with Gasteiger partial charge in [0.25, 0.3) is 0 Å². The quantitative estimate of drug-likeness (QED) is 0.0336. The van der Waals surface area contributed by atoms with Crippen LogP contribution in [0.25, 0.3) is 21.8 Å². The Balaban J connectivity index is 1.08. The summed E-state index contributed by atoms with van der Waals surface area (Å²) >= 11 is 0.802. The number of H-pyrrole nitrogens is 4. The second-order valence-corrected chi connectivity index (χ2v) is 34.6. The Morgan fingerprint density at radius 3 is 1.47 bits per heavy atom. The summed E-state index contributed by atoms with van der Waals surface area (Å²) in [7, 11) is 4.04. The van der Waals surface area contributed by atoms with Crippen LogP contribution in [0.5, 0.6) is 0 Å². The van der Waals surface area contributed by atoms with Crippen molar-refractivity contribution in [3.63, 3.8) is 0 Å². The van der Waals surface area contributed by atoms with Gasteiger partial charge in [0.05, 0.1) is 31.4 Å². The molecule has 0 spiro atoms. The minimum absolute atomic E-state index is 0.0208. The van der Waals surface area contributed by atoms with Crippen molar-refractivity contribution in [2.24, 2.45) is 17.4 Å². The lowest BCUT2D eigenvalue weighted by Crippen LogP contribution is -2.61. The number of nitrogens with one attached hydrogen (secondary N) is 14. The molecule has 0 unspecified atom stereocenters. The number of aromatic nitrogens is 6. The highest BCUT2D eigenvalue weighted by atomic mass is 32.2. The number of imidazole rings is 2. The van der Waals surface area contributed by atoms with Crippen LogP contribution < -0.4 is 64.6 Å². The van der Waals surface area contributed by atoms with Crippen molar-refractivity contribution >= 4 is 134 Å². The molecule has 41 heteroatoms. The molecule has 702 valence electrons. The molecule has 3 saturated heterocycles. The number of amides is 17. The summed E-state index contributed by atoms with van der Waals surface area (Å²) < 4.78 is 0. The predicted octanol–water partition coefficient (Wildman–Crippen LogP) is 0.0145. The highest BCUT2D eigenvalue weighted by molar-refractivity contribution is 8.00. The van der Waals surface area contributed by atoms with Crippen LogP contribution >= 0.6 is 11.8 Å². The fourth-order valence-electron chi connectivity index (χ4n) is 16.3. The van der Waals surface area contributed by atoms with Gasteiger partial charge in [-0.1, -0.05) is 102 Å². The van der Waals surface area contributed by atoms with Crippen molar-refractivity contribution in [1.29, 1.82) is 0 Å². The van der Waals surface area contributed by atoms with Gasteiger partial charge in [0.15, 0.2) is 0 Å². The van der Waals surface area contributed by atoms with Crippen LogP contribution in [-0.4, -0.2) is 292 Å². The summed E-state index contributed by atoms with van der Waals surface area (Å²) in [6, 6.07) is -5.62. The number of nitrogens with zero attached hydrogens (tertiary/aromatic N) is 7. The number of thioether (sulfide) groups is 1. The van der Waals surface area contributed by atoms with Crippen LogP contribution in [0.3, 0.4) is 0 Å². The standard InChI is InChI=1S/C89H123N23O17S/c1-11-15-29-69-82(122)101-61(24-14-4)79(119)107-68(77(117)96-45-74(91)114)46-130-47-75(115)99-66(39-55-44-93-49-98-55)85(125)108(8)51(7)76(116)104-67(40-73(90)113)88(128)112-34-22-32-71(112)84(124)103-63(38-54-43-92-48-97-54)81(121)105-64(35-50(5)6)87(127)111-33-21-31-70(111)83(123)102-62(36-52-41-94-58-27-19-17-25-56(52)58)80(120)100-60(23-13-3)78(118)106-65(37-53-42-95-59-28-20-18-26-57(53)59)86(126)110(10)72(30-16-12-2)89(129)109(69)9/h13-14,17-20,25-28,41-44,48-51,60-72,94-95H,3-4,11-12,15-16,21-24,29-40,45-47H2,1-2,5-10H3,(H2,90,113)(H2,91,114)(H,92,97)(H,93,98)(H,96,117)(H,99,115)(H,100,120)(H,101,122)(H,102,123)(H,103,124)(H,104,116)(H,105,121)(H,106,118)(H,107,119)/t51-,60-,61-,62-,63-,64-,65-,66-,67-,68-,69-,70-,71-,72-/m0/s1. The largest absolute Gasteiger partial charge is 0.370 e. The fraction of sp³-hybridized carbons (Fsp3) is 0.517. The molecule has 14 atom stereocenters. The van der Waals surface area contributed by atoms with E-state index >= 15 is 38.4 Å². The monoisotopic (exact) mass is 1820 g/mol. The summed E-state index contributed by atoms with van der Waals surface area (Å²) in [5.41, 5.74) is 14.4. The third-order valence-corrected chi connectivity index (χ3v) is 24.6. The van der Waals surface area contributed by atoms with E-state index in [0.29, 0.717) is 76.4 Å². The van der Waals surface area contributed by atoms with Gasteiger partial charge in [0.2, 0.25) is 100 Å². The number of rotatable bonds is 25. The summed E-state index contributed by atoms with van der Waals surface area (Å²) in [6.07, 6.45) is 12.1. The maximum Gasteiger partial charge on any atom is 0.246 e. The summed E-state index contributed by atoms with van der Waals surface area (Å²) in [4.78, 5) is 276. The first-order chi connectivity index (χ1) is 62.1. The molecule has 0 saturated carbocycles. The number of hydrogen-bond donors (Lipinski definition) is 16. The summed E-state index contributed by atoms with van der Waals surface area (Å²) in [6.45, 7) is 15.6. The van der Waals surface area contributed by atoms with Gasteiger partial charge in [0, 0.05) is 124 Å². The van der Waals surface area contributed by atoms with Gasteiger partial charge < -0.3 is 109 Å². The zero-order valence-corrected chi connectivity index (χ0v) is 75.5. The van der Waals surface area contributed by atoms with Crippen molar-refractivity contribution < 1.29 is 81.5 Å². The molecule has 3 fully saturated rings. The molecule has 0 bridgehead atoms. The predicted molar refractivity (Wildman–Crippen MR) is 482 cm³/mol. The van der Waals surface area contributed by atoms with E-state index in [0.717, 1.165) is 21.6 Å². The van der Waals surface area contributed by atoms with E-state index in [1.54, 1.807) is 24.5 Å². The average molecular weight is 1820 g/mol. The first-order valence-corrected chi connectivity index (χ1v) is 45.1. The number of primary amides is 2. The van der Waals surface area contributed by atoms with Crippen molar-refractivity contribution in [3.8, 4) is 0 Å². The van der Waals surface area contributed by atoms with E-state index in [4.69, 9.17) is 11.5 Å². The summed E-state index contributed by atoms with van der Waals surface area (Å²) in [5.74, 6) is -15.7. The zero-order chi connectivity index (χ0) is 94.6. The minimum atomic E-state index is -1.73. The Bertz CT molecular complexity index is 5030. The van der Waals surface area contributed by atoms with Crippen LogP contribution in [0, 0.1) is 5.92 Å². The molecule has 3 aliphatic heterocycles. The Labute approximate surface area is 757 Å². The Hall–Kier alpha value is -13.2. The maximum absolute atomic E-state index is 15.8. The Morgan fingerprint density at radius 2 is 0.954 bits per heavy atom. The molecule has 0 radical (unpaired) electrons. The van der Waals surface area contributed by atoms with E-state index < -0.39 is 204 Å². The molecule has 7 heterocycles. The lowest BCUT2D eigenvalue weighted by Gasteiger charge is -2.36. The van der Waals surface area contributed by atoms with Gasteiger partial charge in [0.1, 0.15) is 84.6 Å². The van der Waals surface area contributed by atoms with Crippen molar-refractivity contribution in [2.75, 3.05) is 52.3 Å². The molecular weight excluding hydrogens is 1700 g/mol. The van der Waals surface area contributed by atoms with E-state index in [1.807, 2.05) is 64.1 Å². The van der Waals surface area contributed by atoms with Crippen LogP contribution in [0.15, 0.2) is 111 Å². The number of aromatic amines is 4. The number of para-hydroxylation sites is 2.